The van der Waals surface area contributed by atoms with Crippen LogP contribution in [0.25, 0.3) is 0 Å². The number of nitrogens with one attached hydrogen (secondary N) is 1. The zero-order chi connectivity index (χ0) is 13.0. The molecule has 0 aliphatic carbocycles. The highest BCUT2D eigenvalue weighted by atomic mass is 16.5. The lowest BCUT2D eigenvalue weighted by molar-refractivity contribution is -0.126. The highest BCUT2D eigenvalue weighted by Crippen LogP contribution is 2.25. The molecule has 1 fully saturated rings. The summed E-state index contributed by atoms with van der Waals surface area (Å²) in [6, 6.07) is 7.11. The molecule has 0 bridgehead atoms. The number of hydrogen-bond acceptors (Lipinski definition) is 3. The van der Waals surface area contributed by atoms with Crippen molar-refractivity contribution < 1.29 is 14.6 Å². The van der Waals surface area contributed by atoms with E-state index in [0.717, 1.165) is 5.56 Å². The Morgan fingerprint density at radius 1 is 1.44 bits per heavy atom. The lowest BCUT2D eigenvalue weighted by Crippen LogP contribution is -2.48. The molecule has 4 heteroatoms. The molecule has 0 radical (unpaired) electrons. The Kier molecular flexibility index (Phi) is 3.87. The van der Waals surface area contributed by atoms with E-state index in [9.17, 15) is 9.90 Å². The van der Waals surface area contributed by atoms with Crippen LogP contribution in [0, 0.1) is 5.41 Å². The Morgan fingerprint density at radius 2 is 2.17 bits per heavy atom. The van der Waals surface area contributed by atoms with Crippen molar-refractivity contribution in [3.05, 3.63) is 29.8 Å². The van der Waals surface area contributed by atoms with Crippen molar-refractivity contribution in [2.75, 3.05) is 19.8 Å². The van der Waals surface area contributed by atoms with E-state index in [-0.39, 0.29) is 17.1 Å². The van der Waals surface area contributed by atoms with Gasteiger partial charge in [-0.15, -0.1) is 0 Å². The van der Waals surface area contributed by atoms with Crippen molar-refractivity contribution in [2.24, 2.45) is 5.41 Å². The van der Waals surface area contributed by atoms with E-state index in [4.69, 9.17) is 4.74 Å². The fraction of sp³-hybridized carbons (Fsp3) is 0.500. The standard InChI is InChI=1S/C14H19NO3/c1-14(9-18-10-14)8-15-13(17)7-6-11-4-2-3-5-12(11)16/h2-5,16H,6-10H2,1H3,(H,15,17). The predicted molar refractivity (Wildman–Crippen MR) is 68.4 cm³/mol. The van der Waals surface area contributed by atoms with Crippen LogP contribution < -0.4 is 5.32 Å². The van der Waals surface area contributed by atoms with E-state index in [0.29, 0.717) is 32.6 Å². The van der Waals surface area contributed by atoms with Gasteiger partial charge in [0.05, 0.1) is 13.2 Å². The summed E-state index contributed by atoms with van der Waals surface area (Å²) in [5.41, 5.74) is 0.913. The zero-order valence-corrected chi connectivity index (χ0v) is 10.6. The first-order valence-corrected chi connectivity index (χ1v) is 6.20. The summed E-state index contributed by atoms with van der Waals surface area (Å²) in [5.74, 6) is 0.274. The second kappa shape index (κ2) is 5.40. The zero-order valence-electron chi connectivity index (χ0n) is 10.6. The monoisotopic (exact) mass is 249 g/mol. The van der Waals surface area contributed by atoms with Gasteiger partial charge in [-0.3, -0.25) is 4.79 Å². The molecule has 2 N–H and O–H groups in total. The fourth-order valence-electron chi connectivity index (χ4n) is 1.92. The van der Waals surface area contributed by atoms with Gasteiger partial charge in [-0.05, 0) is 18.1 Å². The smallest absolute Gasteiger partial charge is 0.220 e. The highest BCUT2D eigenvalue weighted by molar-refractivity contribution is 5.76. The third kappa shape index (κ3) is 3.23. The maximum Gasteiger partial charge on any atom is 0.220 e. The number of ether oxygens (including phenoxy) is 1. The highest BCUT2D eigenvalue weighted by Gasteiger charge is 2.33. The fourth-order valence-corrected chi connectivity index (χ4v) is 1.92. The largest absolute Gasteiger partial charge is 0.508 e. The first-order chi connectivity index (χ1) is 8.59. The first-order valence-electron chi connectivity index (χ1n) is 6.20. The summed E-state index contributed by atoms with van der Waals surface area (Å²) >= 11 is 0. The van der Waals surface area contributed by atoms with Gasteiger partial charge in [-0.1, -0.05) is 25.1 Å². The second-order valence-corrected chi connectivity index (χ2v) is 5.21. The Bertz CT molecular complexity index is 427. The van der Waals surface area contributed by atoms with Crippen LogP contribution in [0.1, 0.15) is 18.9 Å². The second-order valence-electron chi connectivity index (χ2n) is 5.21. The Morgan fingerprint density at radius 3 is 2.78 bits per heavy atom. The Hall–Kier alpha value is -1.55. The lowest BCUT2D eigenvalue weighted by Gasteiger charge is -2.38. The summed E-state index contributed by atoms with van der Waals surface area (Å²) in [4.78, 5) is 11.7. The molecule has 0 unspecified atom stereocenters. The van der Waals surface area contributed by atoms with Crippen LogP contribution in [-0.4, -0.2) is 30.8 Å². The summed E-state index contributed by atoms with van der Waals surface area (Å²) in [6.07, 6.45) is 0.959. The third-order valence-electron chi connectivity index (χ3n) is 3.23. The molecule has 98 valence electrons. The van der Waals surface area contributed by atoms with Crippen molar-refractivity contribution in [3.8, 4) is 5.75 Å². The number of amides is 1. The molecule has 1 amide bonds. The molecule has 1 aromatic carbocycles. The van der Waals surface area contributed by atoms with E-state index < -0.39 is 0 Å². The van der Waals surface area contributed by atoms with Gasteiger partial charge in [0.1, 0.15) is 5.75 Å². The van der Waals surface area contributed by atoms with Crippen molar-refractivity contribution in [3.63, 3.8) is 0 Å². The molecule has 1 aliphatic rings. The Balaban J connectivity index is 1.73. The number of benzene rings is 1. The molecule has 0 aromatic heterocycles. The van der Waals surface area contributed by atoms with Gasteiger partial charge in [0.25, 0.3) is 0 Å². The lowest BCUT2D eigenvalue weighted by atomic mass is 9.89. The Labute approximate surface area is 107 Å². The predicted octanol–water partition coefficient (Wildman–Crippen LogP) is 1.48. The summed E-state index contributed by atoms with van der Waals surface area (Å²) in [6.45, 7) is 4.19. The minimum Gasteiger partial charge on any atom is -0.508 e. The van der Waals surface area contributed by atoms with Crippen LogP contribution in [0.15, 0.2) is 24.3 Å². The van der Waals surface area contributed by atoms with Crippen molar-refractivity contribution in [1.82, 2.24) is 5.32 Å². The number of carbonyl (C=O) groups is 1. The van der Waals surface area contributed by atoms with Crippen molar-refractivity contribution in [2.45, 2.75) is 19.8 Å². The molecule has 4 nitrogen and oxygen atoms in total. The van der Waals surface area contributed by atoms with Gasteiger partial charge in [-0.25, -0.2) is 0 Å². The number of para-hydroxylation sites is 1. The third-order valence-corrected chi connectivity index (χ3v) is 3.23. The van der Waals surface area contributed by atoms with Gasteiger partial charge in [0.15, 0.2) is 0 Å². The maximum absolute atomic E-state index is 11.7. The molecule has 1 aromatic rings. The normalized spacial score (nSPS) is 16.9. The molecule has 2 rings (SSSR count). The molecule has 1 aliphatic heterocycles. The minimum absolute atomic E-state index is 0.0198. The average molecular weight is 249 g/mol. The molecular weight excluding hydrogens is 230 g/mol. The number of hydrogen-bond donors (Lipinski definition) is 2. The van der Waals surface area contributed by atoms with E-state index in [2.05, 4.69) is 12.2 Å². The molecule has 0 saturated carbocycles. The van der Waals surface area contributed by atoms with Gasteiger partial charge in [0, 0.05) is 18.4 Å². The van der Waals surface area contributed by atoms with E-state index in [1.165, 1.54) is 0 Å². The SMILES string of the molecule is CC1(CNC(=O)CCc2ccccc2O)COC1. The molecular formula is C14H19NO3. The average Bonchev–Trinajstić information content (AvgIpc) is 2.33. The molecule has 0 spiro atoms. The number of phenolic OH excluding ortho intramolecular Hbond substituents is 1. The summed E-state index contributed by atoms with van der Waals surface area (Å²) in [7, 11) is 0. The summed E-state index contributed by atoms with van der Waals surface area (Å²) < 4.78 is 5.13. The number of aromatic hydroxyl groups is 1. The van der Waals surface area contributed by atoms with Crippen LogP contribution in [0.5, 0.6) is 5.75 Å². The quantitative estimate of drug-likeness (QED) is 0.831. The van der Waals surface area contributed by atoms with Gasteiger partial charge in [-0.2, -0.15) is 0 Å². The number of phenols is 1. The van der Waals surface area contributed by atoms with Crippen LogP contribution in [-0.2, 0) is 16.0 Å². The van der Waals surface area contributed by atoms with Gasteiger partial charge < -0.3 is 15.2 Å². The van der Waals surface area contributed by atoms with Crippen LogP contribution in [0.2, 0.25) is 0 Å². The van der Waals surface area contributed by atoms with Gasteiger partial charge in [0.2, 0.25) is 5.91 Å². The van der Waals surface area contributed by atoms with E-state index in [1.54, 1.807) is 12.1 Å². The topological polar surface area (TPSA) is 58.6 Å². The van der Waals surface area contributed by atoms with E-state index in [1.807, 2.05) is 12.1 Å². The first kappa shape index (κ1) is 12.9. The maximum atomic E-state index is 11.7. The molecule has 1 saturated heterocycles. The number of carbonyl (C=O) groups excluding carboxylic acids is 1. The number of aryl methyl sites for hydroxylation is 1. The summed E-state index contributed by atoms with van der Waals surface area (Å²) in [5, 5.41) is 12.5. The van der Waals surface area contributed by atoms with Crippen LogP contribution in [0.3, 0.4) is 0 Å². The van der Waals surface area contributed by atoms with Crippen molar-refractivity contribution >= 4 is 5.91 Å². The van der Waals surface area contributed by atoms with Crippen LogP contribution >= 0.6 is 0 Å². The van der Waals surface area contributed by atoms with Crippen LogP contribution in [0.4, 0.5) is 0 Å². The molecule has 18 heavy (non-hydrogen) atoms. The molecule has 0 atom stereocenters. The van der Waals surface area contributed by atoms with E-state index >= 15 is 0 Å². The molecule has 1 heterocycles. The number of rotatable bonds is 5. The van der Waals surface area contributed by atoms with Gasteiger partial charge >= 0.3 is 0 Å². The van der Waals surface area contributed by atoms with Crippen molar-refractivity contribution in [1.29, 1.82) is 0 Å². The minimum atomic E-state index is 0.0198.